The van der Waals surface area contributed by atoms with Crippen LogP contribution in [0.5, 0.6) is 0 Å². The minimum Gasteiger partial charge on any atom is -0.356 e. The molecule has 166 valence electrons. The lowest BCUT2D eigenvalue weighted by Crippen LogP contribution is -2.45. The largest absolute Gasteiger partial charge is 0.401 e. The summed E-state index contributed by atoms with van der Waals surface area (Å²) in [5, 5.41) is 3.46. The molecule has 7 heteroatoms. The Bertz CT molecular complexity index is 697. The van der Waals surface area contributed by atoms with Crippen LogP contribution in [0.2, 0.25) is 0 Å². The number of hydrogen-bond donors (Lipinski definition) is 1. The van der Waals surface area contributed by atoms with Gasteiger partial charge in [0.1, 0.15) is 0 Å². The molecule has 3 rings (SSSR count). The zero-order valence-electron chi connectivity index (χ0n) is 17.8. The third kappa shape index (κ3) is 7.35. The first-order chi connectivity index (χ1) is 14.4. The zero-order chi connectivity index (χ0) is 21.4. The first-order valence-electron chi connectivity index (χ1n) is 10.9. The van der Waals surface area contributed by atoms with E-state index in [9.17, 15) is 13.2 Å². The lowest BCUT2D eigenvalue weighted by molar-refractivity contribution is -0.148. The Hall–Kier alpha value is -2.02. The fraction of sp³-hybridized carbons (Fsp3) is 0.609. The summed E-state index contributed by atoms with van der Waals surface area (Å²) in [6.45, 7) is 3.03. The SMILES string of the molecule is CN=C(NCCC1CCN(CC(F)(F)F)CC1)N1CCC(=Cc2ccccc2)CC1. The van der Waals surface area contributed by atoms with Gasteiger partial charge in [-0.2, -0.15) is 13.2 Å². The highest BCUT2D eigenvalue weighted by Crippen LogP contribution is 2.24. The number of hydrogen-bond acceptors (Lipinski definition) is 2. The highest BCUT2D eigenvalue weighted by Gasteiger charge is 2.32. The van der Waals surface area contributed by atoms with Crippen molar-refractivity contribution in [2.45, 2.75) is 38.3 Å². The first kappa shape index (κ1) is 22.7. The Morgan fingerprint density at radius 3 is 2.37 bits per heavy atom. The Morgan fingerprint density at radius 1 is 1.10 bits per heavy atom. The van der Waals surface area contributed by atoms with E-state index in [4.69, 9.17) is 0 Å². The molecule has 2 saturated heterocycles. The molecule has 2 aliphatic rings. The van der Waals surface area contributed by atoms with Gasteiger partial charge < -0.3 is 10.2 Å². The highest BCUT2D eigenvalue weighted by atomic mass is 19.4. The second-order valence-corrected chi connectivity index (χ2v) is 8.30. The lowest BCUT2D eigenvalue weighted by Gasteiger charge is -2.33. The van der Waals surface area contributed by atoms with E-state index >= 15 is 0 Å². The van der Waals surface area contributed by atoms with E-state index in [0.717, 1.165) is 57.7 Å². The predicted molar refractivity (Wildman–Crippen MR) is 116 cm³/mol. The van der Waals surface area contributed by atoms with E-state index < -0.39 is 12.7 Å². The van der Waals surface area contributed by atoms with Gasteiger partial charge in [-0.25, -0.2) is 0 Å². The maximum Gasteiger partial charge on any atom is 0.401 e. The van der Waals surface area contributed by atoms with Gasteiger partial charge in [0.05, 0.1) is 6.54 Å². The first-order valence-corrected chi connectivity index (χ1v) is 10.9. The normalized spacial score (nSPS) is 19.8. The summed E-state index contributed by atoms with van der Waals surface area (Å²) >= 11 is 0. The number of halogens is 3. The number of likely N-dealkylation sites (tertiary alicyclic amines) is 2. The molecular weight excluding hydrogens is 389 g/mol. The van der Waals surface area contributed by atoms with Crippen molar-refractivity contribution in [1.82, 2.24) is 15.1 Å². The van der Waals surface area contributed by atoms with Gasteiger partial charge in [-0.1, -0.05) is 42.0 Å². The topological polar surface area (TPSA) is 30.9 Å². The van der Waals surface area contributed by atoms with E-state index in [0.29, 0.717) is 19.0 Å². The van der Waals surface area contributed by atoms with Crippen LogP contribution in [0.1, 0.15) is 37.7 Å². The summed E-state index contributed by atoms with van der Waals surface area (Å²) in [6.07, 6.45) is 2.93. The summed E-state index contributed by atoms with van der Waals surface area (Å²) < 4.78 is 37.5. The second kappa shape index (κ2) is 10.8. The van der Waals surface area contributed by atoms with E-state index in [-0.39, 0.29) is 0 Å². The molecule has 4 nitrogen and oxygen atoms in total. The number of aliphatic imine (C=N–C) groups is 1. The van der Waals surface area contributed by atoms with Gasteiger partial charge >= 0.3 is 6.18 Å². The van der Waals surface area contributed by atoms with Crippen LogP contribution in [0.3, 0.4) is 0 Å². The Morgan fingerprint density at radius 2 is 1.77 bits per heavy atom. The van der Waals surface area contributed by atoms with Crippen LogP contribution in [-0.4, -0.2) is 68.3 Å². The van der Waals surface area contributed by atoms with Crippen molar-refractivity contribution >= 4 is 12.0 Å². The molecular formula is C23H33F3N4. The van der Waals surface area contributed by atoms with Crippen LogP contribution in [0.25, 0.3) is 6.08 Å². The highest BCUT2D eigenvalue weighted by molar-refractivity contribution is 5.80. The second-order valence-electron chi connectivity index (χ2n) is 8.30. The fourth-order valence-electron chi connectivity index (χ4n) is 4.34. The molecule has 0 atom stereocenters. The summed E-state index contributed by atoms with van der Waals surface area (Å²) in [5.41, 5.74) is 2.73. The van der Waals surface area contributed by atoms with Gasteiger partial charge in [0.25, 0.3) is 0 Å². The minimum atomic E-state index is -4.09. The molecule has 0 aromatic heterocycles. The zero-order valence-corrected chi connectivity index (χ0v) is 17.8. The third-order valence-corrected chi connectivity index (χ3v) is 6.03. The number of nitrogens with zero attached hydrogens (tertiary/aromatic N) is 3. The molecule has 30 heavy (non-hydrogen) atoms. The van der Waals surface area contributed by atoms with Gasteiger partial charge in [-0.15, -0.1) is 0 Å². The van der Waals surface area contributed by atoms with Gasteiger partial charge in [0, 0.05) is 26.7 Å². The quantitative estimate of drug-likeness (QED) is 0.564. The molecule has 0 saturated carbocycles. The number of benzene rings is 1. The van der Waals surface area contributed by atoms with Crippen LogP contribution in [0.15, 0.2) is 40.9 Å². The molecule has 2 aliphatic heterocycles. The van der Waals surface area contributed by atoms with E-state index in [1.54, 1.807) is 0 Å². The van der Waals surface area contributed by atoms with Crippen molar-refractivity contribution in [2.75, 3.05) is 46.3 Å². The number of piperidine rings is 2. The smallest absolute Gasteiger partial charge is 0.356 e. The molecule has 1 N–H and O–H groups in total. The standard InChI is InChI=1S/C23H33F3N4/c1-27-22(28-12-7-19-8-13-29(14-9-19)18-23(24,25)26)30-15-10-21(11-16-30)17-20-5-3-2-4-6-20/h2-6,17,19H,7-16,18H2,1H3,(H,27,28). The molecule has 1 aromatic rings. The molecule has 0 bridgehead atoms. The van der Waals surface area contributed by atoms with Crippen LogP contribution in [0, 0.1) is 5.92 Å². The molecule has 2 fully saturated rings. The average Bonchev–Trinajstić information content (AvgIpc) is 2.73. The van der Waals surface area contributed by atoms with Crippen molar-refractivity contribution in [3.05, 3.63) is 41.5 Å². The maximum absolute atomic E-state index is 12.5. The third-order valence-electron chi connectivity index (χ3n) is 6.03. The molecule has 2 heterocycles. The lowest BCUT2D eigenvalue weighted by atomic mass is 9.93. The van der Waals surface area contributed by atoms with Gasteiger partial charge in [-0.3, -0.25) is 9.89 Å². The van der Waals surface area contributed by atoms with E-state index in [1.807, 2.05) is 13.1 Å². The Balaban J connectivity index is 1.36. The fourth-order valence-corrected chi connectivity index (χ4v) is 4.34. The molecule has 0 unspecified atom stereocenters. The van der Waals surface area contributed by atoms with Crippen LogP contribution in [-0.2, 0) is 0 Å². The van der Waals surface area contributed by atoms with Crippen molar-refractivity contribution in [3.63, 3.8) is 0 Å². The van der Waals surface area contributed by atoms with Crippen molar-refractivity contribution < 1.29 is 13.2 Å². The minimum absolute atomic E-state index is 0.488. The van der Waals surface area contributed by atoms with Crippen LogP contribution >= 0.6 is 0 Å². The monoisotopic (exact) mass is 422 g/mol. The Kier molecular flexibility index (Phi) is 8.19. The van der Waals surface area contributed by atoms with Crippen LogP contribution < -0.4 is 5.32 Å². The van der Waals surface area contributed by atoms with E-state index in [2.05, 4.69) is 45.6 Å². The van der Waals surface area contributed by atoms with E-state index in [1.165, 1.54) is 16.0 Å². The maximum atomic E-state index is 12.5. The number of guanidine groups is 1. The number of rotatable bonds is 5. The van der Waals surface area contributed by atoms with Gasteiger partial charge in [-0.05, 0) is 56.7 Å². The Labute approximate surface area is 177 Å². The molecule has 0 amide bonds. The van der Waals surface area contributed by atoms with Crippen molar-refractivity contribution in [1.29, 1.82) is 0 Å². The van der Waals surface area contributed by atoms with Crippen molar-refractivity contribution in [2.24, 2.45) is 10.9 Å². The summed E-state index contributed by atoms with van der Waals surface area (Å²) in [4.78, 5) is 8.26. The predicted octanol–water partition coefficient (Wildman–Crippen LogP) is 4.41. The van der Waals surface area contributed by atoms with Gasteiger partial charge in [0.2, 0.25) is 0 Å². The summed E-state index contributed by atoms with van der Waals surface area (Å²) in [7, 11) is 1.81. The van der Waals surface area contributed by atoms with Gasteiger partial charge in [0.15, 0.2) is 5.96 Å². The average molecular weight is 423 g/mol. The molecule has 0 spiro atoms. The molecule has 0 radical (unpaired) electrons. The van der Waals surface area contributed by atoms with Crippen LogP contribution in [0.4, 0.5) is 13.2 Å². The summed E-state index contributed by atoms with van der Waals surface area (Å²) in [6, 6.07) is 10.4. The van der Waals surface area contributed by atoms with Crippen molar-refractivity contribution in [3.8, 4) is 0 Å². The summed E-state index contributed by atoms with van der Waals surface area (Å²) in [5.74, 6) is 1.42. The number of alkyl halides is 3. The molecule has 1 aromatic carbocycles. The molecule has 0 aliphatic carbocycles. The number of nitrogens with one attached hydrogen (secondary N) is 1.